The zero-order valence-corrected chi connectivity index (χ0v) is 10.8. The summed E-state index contributed by atoms with van der Waals surface area (Å²) in [5, 5.41) is 13.3. The number of ether oxygens (including phenoxy) is 1. The summed E-state index contributed by atoms with van der Waals surface area (Å²) < 4.78 is 31.1. The minimum atomic E-state index is -0.775. The molecule has 110 valence electrons. The van der Waals surface area contributed by atoms with Crippen LogP contribution in [-0.4, -0.2) is 23.1 Å². The zero-order chi connectivity index (χ0) is 15.2. The van der Waals surface area contributed by atoms with Crippen LogP contribution in [-0.2, 0) is 0 Å². The molecule has 0 radical (unpaired) electrons. The predicted octanol–water partition coefficient (Wildman–Crippen LogP) is 2.76. The molecular formula is C13H11F2N3O3. The van der Waals surface area contributed by atoms with Crippen LogP contribution in [0.3, 0.4) is 0 Å². The molecule has 21 heavy (non-hydrogen) atoms. The summed E-state index contributed by atoms with van der Waals surface area (Å²) in [6, 6.07) is 5.81. The smallest absolute Gasteiger partial charge is 0.287 e. The van der Waals surface area contributed by atoms with E-state index in [1.165, 1.54) is 18.2 Å². The fraction of sp³-hybridized carbons (Fsp3) is 0.154. The van der Waals surface area contributed by atoms with E-state index in [4.69, 9.17) is 4.74 Å². The molecule has 0 saturated heterocycles. The molecule has 0 spiro atoms. The van der Waals surface area contributed by atoms with Crippen molar-refractivity contribution in [3.05, 3.63) is 58.3 Å². The Bertz CT molecular complexity index is 635. The molecule has 0 saturated carbocycles. The third-order valence-electron chi connectivity index (χ3n) is 2.52. The Kier molecular flexibility index (Phi) is 4.60. The van der Waals surface area contributed by atoms with Gasteiger partial charge in [-0.15, -0.1) is 0 Å². The van der Waals surface area contributed by atoms with Gasteiger partial charge in [-0.1, -0.05) is 0 Å². The third kappa shape index (κ3) is 4.10. The van der Waals surface area contributed by atoms with E-state index in [-0.39, 0.29) is 18.0 Å². The molecule has 2 aromatic rings. The van der Waals surface area contributed by atoms with Crippen molar-refractivity contribution in [3.63, 3.8) is 0 Å². The van der Waals surface area contributed by atoms with Crippen LogP contribution in [0.5, 0.6) is 5.75 Å². The first-order valence-corrected chi connectivity index (χ1v) is 5.98. The number of anilines is 1. The van der Waals surface area contributed by atoms with Crippen LogP contribution in [0.15, 0.2) is 36.5 Å². The Morgan fingerprint density at radius 2 is 2.10 bits per heavy atom. The molecule has 0 unspecified atom stereocenters. The number of benzene rings is 1. The summed E-state index contributed by atoms with van der Waals surface area (Å²) in [6.07, 6.45) is 1.13. The first kappa shape index (κ1) is 14.6. The van der Waals surface area contributed by atoms with E-state index in [0.29, 0.717) is 12.4 Å². The van der Waals surface area contributed by atoms with Gasteiger partial charge in [-0.3, -0.25) is 10.1 Å². The molecule has 1 aromatic heterocycles. The number of rotatable bonds is 6. The number of halogens is 2. The maximum Gasteiger partial charge on any atom is 0.287 e. The number of nitrogens with one attached hydrogen (secondary N) is 1. The van der Waals surface area contributed by atoms with Gasteiger partial charge in [-0.2, -0.15) is 0 Å². The van der Waals surface area contributed by atoms with Gasteiger partial charge in [0.05, 0.1) is 11.5 Å². The molecule has 1 aromatic carbocycles. The number of hydrogen-bond donors (Lipinski definition) is 1. The molecule has 2 rings (SSSR count). The minimum Gasteiger partial charge on any atom is -0.489 e. The van der Waals surface area contributed by atoms with E-state index >= 15 is 0 Å². The van der Waals surface area contributed by atoms with Crippen molar-refractivity contribution in [3.8, 4) is 5.75 Å². The maximum atomic E-state index is 13.3. The number of hydrogen-bond acceptors (Lipinski definition) is 5. The highest BCUT2D eigenvalue weighted by molar-refractivity contribution is 5.40. The Morgan fingerprint density at radius 1 is 1.29 bits per heavy atom. The van der Waals surface area contributed by atoms with Crippen LogP contribution in [0.4, 0.5) is 20.3 Å². The molecule has 8 heteroatoms. The molecule has 0 aliphatic carbocycles. The third-order valence-corrected chi connectivity index (χ3v) is 2.52. The molecule has 0 aliphatic rings. The largest absolute Gasteiger partial charge is 0.489 e. The second-order valence-electron chi connectivity index (χ2n) is 4.01. The van der Waals surface area contributed by atoms with Gasteiger partial charge in [0, 0.05) is 12.1 Å². The number of pyridine rings is 1. The average Bonchev–Trinajstić information content (AvgIpc) is 2.46. The lowest BCUT2D eigenvalue weighted by Gasteiger charge is -2.08. The minimum absolute atomic E-state index is 0.0464. The molecule has 0 atom stereocenters. The predicted molar refractivity (Wildman–Crippen MR) is 71.2 cm³/mol. The van der Waals surface area contributed by atoms with Crippen molar-refractivity contribution in [1.29, 1.82) is 0 Å². The van der Waals surface area contributed by atoms with Crippen LogP contribution in [0.25, 0.3) is 0 Å². The van der Waals surface area contributed by atoms with Crippen molar-refractivity contribution in [2.75, 3.05) is 18.5 Å². The summed E-state index contributed by atoms with van der Waals surface area (Å²) in [5.41, 5.74) is -0.106. The van der Waals surface area contributed by atoms with Gasteiger partial charge in [0.25, 0.3) is 5.69 Å². The van der Waals surface area contributed by atoms with Crippen LogP contribution in [0.2, 0.25) is 0 Å². The molecular weight excluding hydrogens is 284 g/mol. The molecule has 0 amide bonds. The standard InChI is InChI=1S/C13H11F2N3O3/c14-9-1-3-12(11(15)7-9)21-6-5-16-13-4-2-10(8-17-13)18(19)20/h1-4,7-8H,5-6H2,(H,16,17). The lowest BCUT2D eigenvalue weighted by molar-refractivity contribution is -0.385. The first-order chi connectivity index (χ1) is 10.1. The van der Waals surface area contributed by atoms with E-state index in [2.05, 4.69) is 10.3 Å². The van der Waals surface area contributed by atoms with Gasteiger partial charge >= 0.3 is 0 Å². The van der Waals surface area contributed by atoms with Crippen molar-refractivity contribution >= 4 is 11.5 Å². The lowest BCUT2D eigenvalue weighted by atomic mass is 10.3. The van der Waals surface area contributed by atoms with Gasteiger partial charge < -0.3 is 10.1 Å². The van der Waals surface area contributed by atoms with E-state index in [0.717, 1.165) is 18.3 Å². The number of aromatic nitrogens is 1. The highest BCUT2D eigenvalue weighted by Crippen LogP contribution is 2.17. The van der Waals surface area contributed by atoms with Gasteiger partial charge in [-0.25, -0.2) is 13.8 Å². The van der Waals surface area contributed by atoms with E-state index in [1.54, 1.807) is 0 Å². The topological polar surface area (TPSA) is 77.3 Å². The second kappa shape index (κ2) is 6.60. The molecule has 0 aliphatic heterocycles. The first-order valence-electron chi connectivity index (χ1n) is 5.98. The Balaban J connectivity index is 1.80. The van der Waals surface area contributed by atoms with Crippen LogP contribution >= 0.6 is 0 Å². The maximum absolute atomic E-state index is 13.3. The molecule has 1 N–H and O–H groups in total. The number of nitro groups is 1. The van der Waals surface area contributed by atoms with Gasteiger partial charge in [0.15, 0.2) is 11.6 Å². The van der Waals surface area contributed by atoms with Gasteiger partial charge in [0.1, 0.15) is 24.4 Å². The Labute approximate surface area is 118 Å². The van der Waals surface area contributed by atoms with Crippen molar-refractivity contribution < 1.29 is 18.4 Å². The fourth-order valence-electron chi connectivity index (χ4n) is 1.53. The molecule has 6 nitrogen and oxygen atoms in total. The van der Waals surface area contributed by atoms with Crippen LogP contribution < -0.4 is 10.1 Å². The zero-order valence-electron chi connectivity index (χ0n) is 10.8. The Hall–Kier alpha value is -2.77. The summed E-state index contributed by atoms with van der Waals surface area (Å²) >= 11 is 0. The fourth-order valence-corrected chi connectivity index (χ4v) is 1.53. The SMILES string of the molecule is O=[N+]([O-])c1ccc(NCCOc2ccc(F)cc2F)nc1. The molecule has 0 bridgehead atoms. The van der Waals surface area contributed by atoms with Crippen molar-refractivity contribution in [2.24, 2.45) is 0 Å². The van der Waals surface area contributed by atoms with E-state index < -0.39 is 16.6 Å². The van der Waals surface area contributed by atoms with Crippen LogP contribution in [0, 0.1) is 21.7 Å². The van der Waals surface area contributed by atoms with E-state index in [1.807, 2.05) is 0 Å². The normalized spacial score (nSPS) is 10.2. The molecule has 1 heterocycles. The van der Waals surface area contributed by atoms with Crippen molar-refractivity contribution in [2.45, 2.75) is 0 Å². The van der Waals surface area contributed by atoms with Crippen LogP contribution in [0.1, 0.15) is 0 Å². The number of nitrogens with zero attached hydrogens (tertiary/aromatic N) is 2. The summed E-state index contributed by atoms with van der Waals surface area (Å²) in [5.74, 6) is -1.06. The lowest BCUT2D eigenvalue weighted by Crippen LogP contribution is -2.12. The average molecular weight is 295 g/mol. The summed E-state index contributed by atoms with van der Waals surface area (Å²) in [6.45, 7) is 0.433. The monoisotopic (exact) mass is 295 g/mol. The molecule has 0 fully saturated rings. The summed E-state index contributed by atoms with van der Waals surface area (Å²) in [4.78, 5) is 13.7. The van der Waals surface area contributed by atoms with Crippen molar-refractivity contribution in [1.82, 2.24) is 4.98 Å². The van der Waals surface area contributed by atoms with Gasteiger partial charge in [-0.05, 0) is 18.2 Å². The Morgan fingerprint density at radius 3 is 2.71 bits per heavy atom. The van der Waals surface area contributed by atoms with Gasteiger partial charge in [0.2, 0.25) is 0 Å². The second-order valence-corrected chi connectivity index (χ2v) is 4.01. The van der Waals surface area contributed by atoms with E-state index in [9.17, 15) is 18.9 Å². The highest BCUT2D eigenvalue weighted by Gasteiger charge is 2.06. The quantitative estimate of drug-likeness (QED) is 0.503. The summed E-state index contributed by atoms with van der Waals surface area (Å²) in [7, 11) is 0. The highest BCUT2D eigenvalue weighted by atomic mass is 19.1.